The van der Waals surface area contributed by atoms with Gasteiger partial charge in [-0.3, -0.25) is 0 Å². The molecule has 0 fully saturated rings. The number of nitrogens with zero attached hydrogens (tertiary/aromatic N) is 3. The molecule has 0 aliphatic heterocycles. The summed E-state index contributed by atoms with van der Waals surface area (Å²) in [6.45, 7) is 7.17. The molecular formula is C13H17N3S. The number of hydrogen-bond donors (Lipinski definition) is 0. The SMILES string of the molecule is CCn1ccc(CSc2nc(C)cc(C)n2)c1. The van der Waals surface area contributed by atoms with Crippen molar-refractivity contribution in [3.8, 4) is 0 Å². The van der Waals surface area contributed by atoms with Crippen molar-refractivity contribution in [3.05, 3.63) is 41.5 Å². The molecule has 0 bridgehead atoms. The molecule has 2 aromatic rings. The second-order valence-corrected chi connectivity index (χ2v) is 5.01. The van der Waals surface area contributed by atoms with Crippen LogP contribution in [0.3, 0.4) is 0 Å². The van der Waals surface area contributed by atoms with Crippen LogP contribution in [0.4, 0.5) is 0 Å². The zero-order valence-electron chi connectivity index (χ0n) is 10.5. The van der Waals surface area contributed by atoms with Crippen LogP contribution in [0.5, 0.6) is 0 Å². The highest BCUT2D eigenvalue weighted by molar-refractivity contribution is 7.98. The molecule has 3 nitrogen and oxygen atoms in total. The lowest BCUT2D eigenvalue weighted by atomic mass is 10.4. The molecule has 2 rings (SSSR count). The highest BCUT2D eigenvalue weighted by atomic mass is 32.2. The Balaban J connectivity index is 2.01. The molecule has 0 radical (unpaired) electrons. The maximum Gasteiger partial charge on any atom is 0.188 e. The summed E-state index contributed by atoms with van der Waals surface area (Å²) < 4.78 is 2.18. The van der Waals surface area contributed by atoms with Crippen LogP contribution < -0.4 is 0 Å². The molecule has 17 heavy (non-hydrogen) atoms. The maximum atomic E-state index is 4.42. The summed E-state index contributed by atoms with van der Waals surface area (Å²) in [5, 5.41) is 0.867. The quantitative estimate of drug-likeness (QED) is 0.614. The van der Waals surface area contributed by atoms with Crippen molar-refractivity contribution in [2.75, 3.05) is 0 Å². The fraction of sp³-hybridized carbons (Fsp3) is 0.385. The number of aromatic nitrogens is 3. The number of rotatable bonds is 4. The first-order valence-corrected chi connectivity index (χ1v) is 6.75. The van der Waals surface area contributed by atoms with E-state index in [0.29, 0.717) is 0 Å². The lowest BCUT2D eigenvalue weighted by Gasteiger charge is -2.01. The Morgan fingerprint density at radius 1 is 1.24 bits per heavy atom. The Hall–Kier alpha value is -1.29. The minimum atomic E-state index is 0.867. The van der Waals surface area contributed by atoms with Gasteiger partial charge in [0.15, 0.2) is 5.16 Å². The third-order valence-electron chi connectivity index (χ3n) is 2.51. The zero-order valence-corrected chi connectivity index (χ0v) is 11.3. The molecule has 4 heteroatoms. The van der Waals surface area contributed by atoms with Gasteiger partial charge in [0, 0.05) is 36.1 Å². The first-order chi connectivity index (χ1) is 8.17. The van der Waals surface area contributed by atoms with E-state index in [1.807, 2.05) is 19.9 Å². The van der Waals surface area contributed by atoms with Crippen LogP contribution >= 0.6 is 11.8 Å². The van der Waals surface area contributed by atoms with Crippen molar-refractivity contribution in [1.29, 1.82) is 0 Å². The number of aryl methyl sites for hydroxylation is 3. The second kappa shape index (κ2) is 5.36. The van der Waals surface area contributed by atoms with Crippen molar-refractivity contribution in [3.63, 3.8) is 0 Å². The van der Waals surface area contributed by atoms with Crippen LogP contribution in [0.2, 0.25) is 0 Å². The van der Waals surface area contributed by atoms with E-state index in [0.717, 1.165) is 28.8 Å². The lowest BCUT2D eigenvalue weighted by molar-refractivity contribution is 0.767. The van der Waals surface area contributed by atoms with Gasteiger partial charge in [-0.1, -0.05) is 11.8 Å². The molecule has 0 spiro atoms. The van der Waals surface area contributed by atoms with Gasteiger partial charge in [0.1, 0.15) is 0 Å². The summed E-state index contributed by atoms with van der Waals surface area (Å²) in [5.41, 5.74) is 3.39. The Morgan fingerprint density at radius 2 is 1.94 bits per heavy atom. The van der Waals surface area contributed by atoms with Crippen LogP contribution in [-0.4, -0.2) is 14.5 Å². The molecule has 0 atom stereocenters. The first kappa shape index (κ1) is 12.2. The Labute approximate surface area is 106 Å². The normalized spacial score (nSPS) is 10.8. The smallest absolute Gasteiger partial charge is 0.188 e. The molecule has 0 amide bonds. The number of hydrogen-bond acceptors (Lipinski definition) is 3. The van der Waals surface area contributed by atoms with Crippen molar-refractivity contribution in [2.45, 2.75) is 38.2 Å². The summed E-state index contributed by atoms with van der Waals surface area (Å²) in [6, 6.07) is 4.15. The first-order valence-electron chi connectivity index (χ1n) is 5.77. The molecule has 0 saturated carbocycles. The van der Waals surface area contributed by atoms with Gasteiger partial charge in [-0.15, -0.1) is 0 Å². The molecular weight excluding hydrogens is 230 g/mol. The Morgan fingerprint density at radius 3 is 2.53 bits per heavy atom. The van der Waals surface area contributed by atoms with E-state index < -0.39 is 0 Å². The van der Waals surface area contributed by atoms with Crippen LogP contribution in [0, 0.1) is 13.8 Å². The highest BCUT2D eigenvalue weighted by Crippen LogP contribution is 2.20. The highest BCUT2D eigenvalue weighted by Gasteiger charge is 2.02. The zero-order chi connectivity index (χ0) is 12.3. The van der Waals surface area contributed by atoms with Crippen LogP contribution in [0.25, 0.3) is 0 Å². The fourth-order valence-electron chi connectivity index (χ4n) is 1.68. The summed E-state index contributed by atoms with van der Waals surface area (Å²) in [5.74, 6) is 0.926. The Bertz CT molecular complexity index is 485. The summed E-state index contributed by atoms with van der Waals surface area (Å²) in [7, 11) is 0. The van der Waals surface area contributed by atoms with Gasteiger partial charge in [0.2, 0.25) is 0 Å². The van der Waals surface area contributed by atoms with Crippen molar-refractivity contribution < 1.29 is 0 Å². The van der Waals surface area contributed by atoms with Crippen LogP contribution in [-0.2, 0) is 12.3 Å². The van der Waals surface area contributed by atoms with Gasteiger partial charge >= 0.3 is 0 Å². The Kier molecular flexibility index (Phi) is 3.84. The second-order valence-electron chi connectivity index (χ2n) is 4.07. The molecule has 0 aliphatic carbocycles. The predicted molar refractivity (Wildman–Crippen MR) is 71.2 cm³/mol. The fourth-order valence-corrected chi connectivity index (χ4v) is 2.56. The third-order valence-corrected chi connectivity index (χ3v) is 3.43. The van der Waals surface area contributed by atoms with E-state index >= 15 is 0 Å². The molecule has 90 valence electrons. The van der Waals surface area contributed by atoms with Crippen molar-refractivity contribution in [2.24, 2.45) is 0 Å². The monoisotopic (exact) mass is 247 g/mol. The largest absolute Gasteiger partial charge is 0.354 e. The average Bonchev–Trinajstić information content (AvgIpc) is 2.73. The molecule has 0 unspecified atom stereocenters. The van der Waals surface area contributed by atoms with E-state index in [1.54, 1.807) is 11.8 Å². The standard InChI is InChI=1S/C13H17N3S/c1-4-16-6-5-12(8-16)9-17-13-14-10(2)7-11(3)15-13/h5-8H,4,9H2,1-3H3. The van der Waals surface area contributed by atoms with E-state index in [9.17, 15) is 0 Å². The molecule has 2 aromatic heterocycles. The molecule has 0 saturated heterocycles. The summed E-state index contributed by atoms with van der Waals surface area (Å²) in [4.78, 5) is 8.84. The van der Waals surface area contributed by atoms with Gasteiger partial charge in [0.05, 0.1) is 0 Å². The van der Waals surface area contributed by atoms with Crippen LogP contribution in [0.15, 0.2) is 29.7 Å². The van der Waals surface area contributed by atoms with Crippen molar-refractivity contribution in [1.82, 2.24) is 14.5 Å². The van der Waals surface area contributed by atoms with Gasteiger partial charge in [-0.2, -0.15) is 0 Å². The molecule has 0 aromatic carbocycles. The van der Waals surface area contributed by atoms with Gasteiger partial charge in [0.25, 0.3) is 0 Å². The average molecular weight is 247 g/mol. The van der Waals surface area contributed by atoms with E-state index in [1.165, 1.54) is 5.56 Å². The molecule has 0 aliphatic rings. The predicted octanol–water partition coefficient (Wildman–Crippen LogP) is 3.21. The van der Waals surface area contributed by atoms with Gasteiger partial charge < -0.3 is 4.57 Å². The van der Waals surface area contributed by atoms with E-state index in [4.69, 9.17) is 0 Å². The van der Waals surface area contributed by atoms with Crippen LogP contribution in [0.1, 0.15) is 23.9 Å². The van der Waals surface area contributed by atoms with E-state index in [-0.39, 0.29) is 0 Å². The lowest BCUT2D eigenvalue weighted by Crippen LogP contribution is -1.93. The van der Waals surface area contributed by atoms with Crippen molar-refractivity contribution >= 4 is 11.8 Å². The maximum absolute atomic E-state index is 4.42. The summed E-state index contributed by atoms with van der Waals surface area (Å²) in [6.07, 6.45) is 4.29. The number of thioether (sulfide) groups is 1. The summed E-state index contributed by atoms with van der Waals surface area (Å²) >= 11 is 1.69. The molecule has 2 heterocycles. The van der Waals surface area contributed by atoms with Gasteiger partial charge in [-0.25, -0.2) is 9.97 Å². The third kappa shape index (κ3) is 3.33. The topological polar surface area (TPSA) is 30.7 Å². The minimum absolute atomic E-state index is 0.867. The molecule has 0 N–H and O–H groups in total. The minimum Gasteiger partial charge on any atom is -0.354 e. The van der Waals surface area contributed by atoms with Gasteiger partial charge in [-0.05, 0) is 38.5 Å². The van der Waals surface area contributed by atoms with E-state index in [2.05, 4.69) is 39.9 Å².